The quantitative estimate of drug-likeness (QED) is 0.585. The van der Waals surface area contributed by atoms with Gasteiger partial charge >= 0.3 is 0 Å². The van der Waals surface area contributed by atoms with E-state index in [4.69, 9.17) is 21.1 Å². The molecule has 1 aromatic heterocycles. The first kappa shape index (κ1) is 21.9. The summed E-state index contributed by atoms with van der Waals surface area (Å²) < 4.78 is 10.8. The van der Waals surface area contributed by atoms with E-state index in [-0.39, 0.29) is 11.8 Å². The van der Waals surface area contributed by atoms with Gasteiger partial charge in [0.1, 0.15) is 11.5 Å². The molecule has 1 amide bonds. The van der Waals surface area contributed by atoms with Gasteiger partial charge in [-0.2, -0.15) is 0 Å². The summed E-state index contributed by atoms with van der Waals surface area (Å²) in [5.41, 5.74) is 2.20. The maximum absolute atomic E-state index is 12.9. The Balaban J connectivity index is 1.46. The molecule has 8 heteroatoms. The summed E-state index contributed by atoms with van der Waals surface area (Å²) >= 11 is 6.08. The first-order chi connectivity index (χ1) is 15.6. The first-order valence-corrected chi connectivity index (χ1v) is 10.8. The van der Waals surface area contributed by atoms with E-state index >= 15 is 0 Å². The van der Waals surface area contributed by atoms with Crippen molar-refractivity contribution in [1.82, 2.24) is 10.2 Å². The molecule has 2 heterocycles. The summed E-state index contributed by atoms with van der Waals surface area (Å²) in [6.45, 7) is 1.39. The Morgan fingerprint density at radius 2 is 1.88 bits per heavy atom. The number of methoxy groups -OCH3 is 2. The maximum atomic E-state index is 12.9. The Bertz CT molecular complexity index is 1090. The minimum atomic E-state index is -0.178. The van der Waals surface area contributed by atoms with Gasteiger partial charge in [-0.15, -0.1) is 10.2 Å². The van der Waals surface area contributed by atoms with E-state index in [9.17, 15) is 4.79 Å². The predicted molar refractivity (Wildman–Crippen MR) is 126 cm³/mol. The molecule has 2 aromatic carbocycles. The number of halogens is 1. The third-order valence-corrected chi connectivity index (χ3v) is 5.80. The van der Waals surface area contributed by atoms with Crippen LogP contribution in [-0.2, 0) is 4.79 Å². The summed E-state index contributed by atoms with van der Waals surface area (Å²) in [6, 6.07) is 16.7. The van der Waals surface area contributed by atoms with Crippen LogP contribution in [0.1, 0.15) is 12.8 Å². The van der Waals surface area contributed by atoms with E-state index < -0.39 is 0 Å². The highest BCUT2D eigenvalue weighted by molar-refractivity contribution is 6.31. The summed E-state index contributed by atoms with van der Waals surface area (Å²) in [7, 11) is 3.20. The number of carbonyl (C=O) groups excluding carboxylic acids is 1. The normalized spacial score (nSPS) is 15.8. The summed E-state index contributed by atoms with van der Waals surface area (Å²) in [6.07, 6.45) is 1.69. The lowest BCUT2D eigenvalue weighted by Crippen LogP contribution is -2.41. The minimum absolute atomic E-state index is 0.0612. The van der Waals surface area contributed by atoms with Crippen LogP contribution in [0.15, 0.2) is 54.6 Å². The second kappa shape index (κ2) is 9.87. The third kappa shape index (κ3) is 4.78. The minimum Gasteiger partial charge on any atom is -0.496 e. The summed E-state index contributed by atoms with van der Waals surface area (Å²) in [5.74, 6) is 1.84. The number of ether oxygens (including phenoxy) is 2. The Morgan fingerprint density at radius 1 is 1.06 bits per heavy atom. The molecule has 32 heavy (non-hydrogen) atoms. The standard InChI is InChI=1S/C24H25ClN4O3/c1-31-21-8-4-3-7-18(21)19-10-12-23(28-27-19)29-13-5-6-16(15-29)24(30)26-20-14-17(25)9-11-22(20)32-2/h3-4,7-12,14,16H,5-6,13,15H2,1-2H3,(H,26,30). The average Bonchev–Trinajstić information content (AvgIpc) is 2.84. The molecule has 1 aliphatic rings. The van der Waals surface area contributed by atoms with Crippen LogP contribution in [0.3, 0.4) is 0 Å². The van der Waals surface area contributed by atoms with Crippen LogP contribution in [0.2, 0.25) is 5.02 Å². The number of benzene rings is 2. The Hall–Kier alpha value is -3.32. The molecule has 1 saturated heterocycles. The number of nitrogens with one attached hydrogen (secondary N) is 1. The molecule has 0 spiro atoms. The molecule has 1 unspecified atom stereocenters. The number of amides is 1. The van der Waals surface area contributed by atoms with Gasteiger partial charge in [-0.1, -0.05) is 23.7 Å². The zero-order chi connectivity index (χ0) is 22.5. The maximum Gasteiger partial charge on any atom is 0.229 e. The highest BCUT2D eigenvalue weighted by Crippen LogP contribution is 2.31. The number of aromatic nitrogens is 2. The highest BCUT2D eigenvalue weighted by atomic mass is 35.5. The number of piperidine rings is 1. The van der Waals surface area contributed by atoms with Crippen LogP contribution >= 0.6 is 11.6 Å². The molecule has 0 saturated carbocycles. The molecular formula is C24H25ClN4O3. The van der Waals surface area contributed by atoms with Gasteiger partial charge in [-0.05, 0) is 55.3 Å². The fraction of sp³-hybridized carbons (Fsp3) is 0.292. The van der Waals surface area contributed by atoms with Crippen LogP contribution in [0.5, 0.6) is 11.5 Å². The first-order valence-electron chi connectivity index (χ1n) is 10.5. The van der Waals surface area contributed by atoms with Crippen LogP contribution in [0.4, 0.5) is 11.5 Å². The monoisotopic (exact) mass is 452 g/mol. The van der Waals surface area contributed by atoms with Gasteiger partial charge < -0.3 is 19.7 Å². The molecule has 7 nitrogen and oxygen atoms in total. The van der Waals surface area contributed by atoms with Crippen molar-refractivity contribution >= 4 is 29.0 Å². The van der Waals surface area contributed by atoms with Crippen LogP contribution in [-0.4, -0.2) is 43.4 Å². The number of hydrogen-bond donors (Lipinski definition) is 1. The molecule has 0 radical (unpaired) electrons. The van der Waals surface area contributed by atoms with Crippen LogP contribution in [0.25, 0.3) is 11.3 Å². The number of rotatable bonds is 6. The fourth-order valence-corrected chi connectivity index (χ4v) is 4.08. The average molecular weight is 453 g/mol. The van der Waals surface area contributed by atoms with Crippen molar-refractivity contribution in [2.24, 2.45) is 5.92 Å². The van der Waals surface area contributed by atoms with Gasteiger partial charge in [0.15, 0.2) is 5.82 Å². The topological polar surface area (TPSA) is 76.6 Å². The van der Waals surface area contributed by atoms with Crippen molar-refractivity contribution in [3.05, 3.63) is 59.6 Å². The lowest BCUT2D eigenvalue weighted by atomic mass is 9.97. The van der Waals surface area contributed by atoms with Gasteiger partial charge in [0.25, 0.3) is 0 Å². The summed E-state index contributed by atoms with van der Waals surface area (Å²) in [5, 5.41) is 12.3. The van der Waals surface area contributed by atoms with Crippen LogP contribution < -0.4 is 19.7 Å². The molecule has 1 atom stereocenters. The number of nitrogens with zero attached hydrogens (tertiary/aromatic N) is 3. The molecule has 1 fully saturated rings. The van der Waals surface area contributed by atoms with Crippen molar-refractivity contribution in [1.29, 1.82) is 0 Å². The van der Waals surface area contributed by atoms with Gasteiger partial charge in [-0.25, -0.2) is 0 Å². The molecule has 0 aliphatic carbocycles. The zero-order valence-corrected chi connectivity index (χ0v) is 18.8. The predicted octanol–water partition coefficient (Wildman–Crippen LogP) is 4.67. The lowest BCUT2D eigenvalue weighted by Gasteiger charge is -2.32. The molecule has 3 aromatic rings. The second-order valence-electron chi connectivity index (χ2n) is 7.60. The molecule has 166 valence electrons. The van der Waals surface area contributed by atoms with Crippen molar-refractivity contribution < 1.29 is 14.3 Å². The fourth-order valence-electron chi connectivity index (χ4n) is 3.91. The van der Waals surface area contributed by atoms with Crippen molar-refractivity contribution in [3.8, 4) is 22.8 Å². The van der Waals surface area contributed by atoms with E-state index in [0.717, 1.165) is 42.2 Å². The Kier molecular flexibility index (Phi) is 6.75. The Labute approximate surface area is 192 Å². The van der Waals surface area contributed by atoms with Gasteiger partial charge in [0.05, 0.1) is 31.5 Å². The highest BCUT2D eigenvalue weighted by Gasteiger charge is 2.27. The molecule has 4 rings (SSSR count). The van der Waals surface area contributed by atoms with E-state index in [1.165, 1.54) is 0 Å². The van der Waals surface area contributed by atoms with Crippen molar-refractivity contribution in [2.75, 3.05) is 37.5 Å². The van der Waals surface area contributed by atoms with Gasteiger partial charge in [0, 0.05) is 23.7 Å². The van der Waals surface area contributed by atoms with E-state index in [1.54, 1.807) is 32.4 Å². The molecule has 1 aliphatic heterocycles. The largest absolute Gasteiger partial charge is 0.496 e. The van der Waals surface area contributed by atoms with Gasteiger partial charge in [0.2, 0.25) is 5.91 Å². The lowest BCUT2D eigenvalue weighted by molar-refractivity contribution is -0.120. The van der Waals surface area contributed by atoms with E-state index in [2.05, 4.69) is 20.4 Å². The number of anilines is 2. The van der Waals surface area contributed by atoms with Crippen molar-refractivity contribution in [3.63, 3.8) is 0 Å². The molecule has 0 bridgehead atoms. The third-order valence-electron chi connectivity index (χ3n) is 5.57. The number of hydrogen-bond acceptors (Lipinski definition) is 6. The smallest absolute Gasteiger partial charge is 0.229 e. The summed E-state index contributed by atoms with van der Waals surface area (Å²) in [4.78, 5) is 15.0. The van der Waals surface area contributed by atoms with E-state index in [1.807, 2.05) is 36.4 Å². The van der Waals surface area contributed by atoms with E-state index in [0.29, 0.717) is 23.0 Å². The number of para-hydroxylation sites is 1. The zero-order valence-electron chi connectivity index (χ0n) is 18.0. The Morgan fingerprint density at radius 3 is 2.62 bits per heavy atom. The van der Waals surface area contributed by atoms with Crippen LogP contribution in [0, 0.1) is 5.92 Å². The SMILES string of the molecule is COc1ccc(Cl)cc1NC(=O)C1CCCN(c2ccc(-c3ccccc3OC)nn2)C1. The number of carbonyl (C=O) groups is 1. The second-order valence-corrected chi connectivity index (χ2v) is 8.03. The van der Waals surface area contributed by atoms with Gasteiger partial charge in [-0.3, -0.25) is 4.79 Å². The molecular weight excluding hydrogens is 428 g/mol. The molecule has 1 N–H and O–H groups in total. The van der Waals surface area contributed by atoms with Crippen molar-refractivity contribution in [2.45, 2.75) is 12.8 Å².